The highest BCUT2D eigenvalue weighted by Crippen LogP contribution is 2.16. The highest BCUT2D eigenvalue weighted by molar-refractivity contribution is 5.76. The molecule has 0 aromatic heterocycles. The van der Waals surface area contributed by atoms with Gasteiger partial charge in [0.25, 0.3) is 0 Å². The van der Waals surface area contributed by atoms with E-state index in [9.17, 15) is 15.0 Å². The molecule has 0 radical (unpaired) electrons. The van der Waals surface area contributed by atoms with Gasteiger partial charge in [-0.1, -0.05) is 219 Å². The van der Waals surface area contributed by atoms with Gasteiger partial charge in [0.1, 0.15) is 0 Å². The summed E-state index contributed by atoms with van der Waals surface area (Å²) in [6, 6.07) is -0.614. The molecule has 0 aromatic rings. The number of unbranched alkanes of at least 4 members (excludes halogenated alkanes) is 31. The Hall–Kier alpha value is -0.870. The van der Waals surface area contributed by atoms with Gasteiger partial charge in [-0.3, -0.25) is 4.79 Å². The van der Waals surface area contributed by atoms with Gasteiger partial charge in [-0.05, 0) is 19.3 Å². The highest BCUT2D eigenvalue weighted by atomic mass is 16.3. The fourth-order valence-electron chi connectivity index (χ4n) is 6.53. The number of carbonyl (C=O) groups is 1. The van der Waals surface area contributed by atoms with E-state index in [1.807, 2.05) is 6.08 Å². The number of rotatable bonds is 38. The zero-order chi connectivity index (χ0) is 33.6. The van der Waals surface area contributed by atoms with Crippen molar-refractivity contribution in [1.82, 2.24) is 5.32 Å². The third-order valence-electron chi connectivity index (χ3n) is 9.77. The minimum Gasteiger partial charge on any atom is -0.394 e. The molecule has 0 fully saturated rings. The molecule has 0 aliphatic heterocycles. The molecular weight excluding hydrogens is 566 g/mol. The Balaban J connectivity index is 3.42. The summed E-state index contributed by atoms with van der Waals surface area (Å²) in [5, 5.41) is 22.8. The molecule has 2 unspecified atom stereocenters. The Morgan fingerprint density at radius 3 is 1.13 bits per heavy atom. The molecule has 1 amide bonds. The van der Waals surface area contributed by atoms with Crippen molar-refractivity contribution in [1.29, 1.82) is 0 Å². The topological polar surface area (TPSA) is 69.6 Å². The van der Waals surface area contributed by atoms with Gasteiger partial charge in [0.15, 0.2) is 0 Å². The average Bonchev–Trinajstić information content (AvgIpc) is 3.06. The molecular formula is C42H83NO3. The first-order chi connectivity index (χ1) is 22.7. The van der Waals surface area contributed by atoms with Crippen LogP contribution in [-0.2, 0) is 4.79 Å². The summed E-state index contributed by atoms with van der Waals surface area (Å²) in [6.45, 7) is 4.27. The van der Waals surface area contributed by atoms with Gasteiger partial charge in [-0.2, -0.15) is 0 Å². The summed E-state index contributed by atoms with van der Waals surface area (Å²) < 4.78 is 0. The second kappa shape index (κ2) is 38.6. The Morgan fingerprint density at radius 1 is 0.500 bits per heavy atom. The number of aliphatic hydroxyl groups excluding tert-OH is 2. The van der Waals surface area contributed by atoms with Crippen molar-refractivity contribution in [3.8, 4) is 0 Å². The molecule has 0 aromatic carbocycles. The van der Waals surface area contributed by atoms with Crippen LogP contribution in [0.1, 0.15) is 232 Å². The van der Waals surface area contributed by atoms with Crippen LogP contribution in [0.25, 0.3) is 0 Å². The number of hydrogen-bond acceptors (Lipinski definition) is 3. The minimum atomic E-state index is -0.831. The Kier molecular flexibility index (Phi) is 37.8. The van der Waals surface area contributed by atoms with Crippen LogP contribution in [0.5, 0.6) is 0 Å². The predicted molar refractivity (Wildman–Crippen MR) is 202 cm³/mol. The maximum atomic E-state index is 12.2. The zero-order valence-corrected chi connectivity index (χ0v) is 31.4. The summed E-state index contributed by atoms with van der Waals surface area (Å²) in [5.41, 5.74) is 0. The number of carbonyl (C=O) groups excluding carboxylic acids is 1. The number of amides is 1. The number of aliphatic hydroxyl groups is 2. The van der Waals surface area contributed by atoms with Crippen LogP contribution < -0.4 is 5.32 Å². The van der Waals surface area contributed by atoms with Gasteiger partial charge < -0.3 is 15.5 Å². The molecule has 3 N–H and O–H groups in total. The molecule has 0 saturated carbocycles. The Labute approximate surface area is 288 Å². The molecule has 0 bridgehead atoms. The van der Waals surface area contributed by atoms with E-state index in [1.54, 1.807) is 6.08 Å². The SMILES string of the molecule is CCCCCCCCCCCCCCCCCCCCCCCCCCC/C=C/C(O)C(CO)NC(=O)CCCCCCCCC. The van der Waals surface area contributed by atoms with E-state index >= 15 is 0 Å². The van der Waals surface area contributed by atoms with E-state index in [1.165, 1.54) is 186 Å². The van der Waals surface area contributed by atoms with E-state index in [4.69, 9.17) is 0 Å². The van der Waals surface area contributed by atoms with Crippen LogP contribution in [0.4, 0.5) is 0 Å². The third-order valence-corrected chi connectivity index (χ3v) is 9.77. The minimum absolute atomic E-state index is 0.0692. The quantitative estimate of drug-likeness (QED) is 0.0460. The van der Waals surface area contributed by atoms with Crippen molar-refractivity contribution < 1.29 is 15.0 Å². The molecule has 0 saturated heterocycles. The monoisotopic (exact) mass is 650 g/mol. The molecule has 0 aliphatic carbocycles. The smallest absolute Gasteiger partial charge is 0.220 e. The largest absolute Gasteiger partial charge is 0.394 e. The van der Waals surface area contributed by atoms with Gasteiger partial charge in [0, 0.05) is 6.42 Å². The normalized spacial score (nSPS) is 13.0. The second-order valence-electron chi connectivity index (χ2n) is 14.4. The number of hydrogen-bond donors (Lipinski definition) is 3. The van der Waals surface area contributed by atoms with Crippen LogP contribution in [0.15, 0.2) is 12.2 Å². The highest BCUT2D eigenvalue weighted by Gasteiger charge is 2.17. The van der Waals surface area contributed by atoms with Crippen LogP contribution >= 0.6 is 0 Å². The summed E-state index contributed by atoms with van der Waals surface area (Å²) in [4.78, 5) is 12.2. The standard InChI is InChI=1S/C42H83NO3/c1-3-5-7-9-11-12-13-14-15-16-17-18-19-20-21-22-23-24-25-26-27-28-29-30-32-33-35-37-41(45)40(39-44)43-42(46)38-36-34-31-10-8-6-4-2/h35,37,40-41,44-45H,3-34,36,38-39H2,1-2H3,(H,43,46)/b37-35+. The fourth-order valence-corrected chi connectivity index (χ4v) is 6.53. The molecule has 0 spiro atoms. The molecule has 4 heteroatoms. The van der Waals surface area contributed by atoms with Crippen LogP contribution in [0, 0.1) is 0 Å². The summed E-state index contributed by atoms with van der Waals surface area (Å²) in [7, 11) is 0. The van der Waals surface area contributed by atoms with Crippen molar-refractivity contribution in [2.45, 2.75) is 244 Å². The van der Waals surface area contributed by atoms with E-state index in [-0.39, 0.29) is 12.5 Å². The molecule has 274 valence electrons. The van der Waals surface area contributed by atoms with Crippen molar-refractivity contribution in [3.05, 3.63) is 12.2 Å². The van der Waals surface area contributed by atoms with E-state index in [0.29, 0.717) is 6.42 Å². The summed E-state index contributed by atoms with van der Waals surface area (Å²) >= 11 is 0. The van der Waals surface area contributed by atoms with Gasteiger partial charge in [0.05, 0.1) is 18.8 Å². The lowest BCUT2D eigenvalue weighted by atomic mass is 10.0. The van der Waals surface area contributed by atoms with Gasteiger partial charge in [-0.25, -0.2) is 0 Å². The predicted octanol–water partition coefficient (Wildman–Crippen LogP) is 12.7. The first-order valence-electron chi connectivity index (χ1n) is 20.9. The Morgan fingerprint density at radius 2 is 0.804 bits per heavy atom. The van der Waals surface area contributed by atoms with Crippen LogP contribution in [0.3, 0.4) is 0 Å². The van der Waals surface area contributed by atoms with Crippen molar-refractivity contribution in [3.63, 3.8) is 0 Å². The van der Waals surface area contributed by atoms with Crippen LogP contribution in [0.2, 0.25) is 0 Å². The summed E-state index contributed by atoms with van der Waals surface area (Å²) in [5.74, 6) is -0.0692. The molecule has 0 heterocycles. The Bertz CT molecular complexity index is 622. The van der Waals surface area contributed by atoms with Crippen molar-refractivity contribution in [2.75, 3.05) is 6.61 Å². The molecule has 4 nitrogen and oxygen atoms in total. The zero-order valence-electron chi connectivity index (χ0n) is 31.4. The van der Waals surface area contributed by atoms with Gasteiger partial charge >= 0.3 is 0 Å². The van der Waals surface area contributed by atoms with Crippen LogP contribution in [-0.4, -0.2) is 34.9 Å². The van der Waals surface area contributed by atoms with E-state index in [2.05, 4.69) is 19.2 Å². The van der Waals surface area contributed by atoms with Crippen molar-refractivity contribution >= 4 is 5.91 Å². The average molecular weight is 650 g/mol. The number of nitrogens with one attached hydrogen (secondary N) is 1. The molecule has 0 rings (SSSR count). The van der Waals surface area contributed by atoms with E-state index < -0.39 is 12.1 Å². The lowest BCUT2D eigenvalue weighted by Gasteiger charge is -2.20. The second-order valence-corrected chi connectivity index (χ2v) is 14.4. The lowest BCUT2D eigenvalue weighted by molar-refractivity contribution is -0.123. The first-order valence-corrected chi connectivity index (χ1v) is 20.9. The van der Waals surface area contributed by atoms with E-state index in [0.717, 1.165) is 25.7 Å². The van der Waals surface area contributed by atoms with Crippen molar-refractivity contribution in [2.24, 2.45) is 0 Å². The molecule has 0 aliphatic rings. The maximum Gasteiger partial charge on any atom is 0.220 e. The fraction of sp³-hybridized carbons (Fsp3) is 0.929. The molecule has 2 atom stereocenters. The van der Waals surface area contributed by atoms with Gasteiger partial charge in [-0.15, -0.1) is 0 Å². The number of allylic oxidation sites excluding steroid dienone is 1. The third kappa shape index (κ3) is 34.5. The first kappa shape index (κ1) is 45.1. The maximum absolute atomic E-state index is 12.2. The molecule has 46 heavy (non-hydrogen) atoms. The van der Waals surface area contributed by atoms with Gasteiger partial charge in [0.2, 0.25) is 5.91 Å². The summed E-state index contributed by atoms with van der Waals surface area (Å²) in [6.07, 6.45) is 47.7. The lowest BCUT2D eigenvalue weighted by Crippen LogP contribution is -2.45.